The summed E-state index contributed by atoms with van der Waals surface area (Å²) in [5.41, 5.74) is -1.06. The van der Waals surface area contributed by atoms with Crippen LogP contribution < -0.4 is 4.72 Å². The summed E-state index contributed by atoms with van der Waals surface area (Å²) in [5, 5.41) is 0. The Kier molecular flexibility index (Phi) is 6.07. The molecule has 0 atom stereocenters. The Morgan fingerprint density at radius 1 is 1.20 bits per heavy atom. The minimum Gasteiger partial charge on any atom is -0.339 e. The molecule has 0 bridgehead atoms. The average molecular weight is 379 g/mol. The Hall–Kier alpha value is -1.65. The van der Waals surface area contributed by atoms with Gasteiger partial charge in [-0.05, 0) is 24.7 Å². The van der Waals surface area contributed by atoms with E-state index in [0.29, 0.717) is 32.2 Å². The van der Waals surface area contributed by atoms with Crippen LogP contribution in [0.2, 0.25) is 0 Å². The lowest BCUT2D eigenvalue weighted by molar-refractivity contribution is -0.137. The molecular weight excluding hydrogens is 359 g/mol. The highest BCUT2D eigenvalue weighted by atomic mass is 32.2. The smallest absolute Gasteiger partial charge is 0.339 e. The van der Waals surface area contributed by atoms with E-state index in [9.17, 15) is 26.4 Å². The van der Waals surface area contributed by atoms with Crippen LogP contribution in [0.4, 0.5) is 13.2 Å². The maximum absolute atomic E-state index is 12.7. The molecule has 6 nitrogen and oxygen atoms in total. The lowest BCUT2D eigenvalue weighted by Crippen LogP contribution is -2.51. The van der Waals surface area contributed by atoms with Crippen molar-refractivity contribution in [1.29, 1.82) is 0 Å². The number of halogens is 3. The zero-order chi connectivity index (χ0) is 18.7. The molecule has 25 heavy (non-hydrogen) atoms. The number of nitrogens with one attached hydrogen (secondary N) is 1. The van der Waals surface area contributed by atoms with Crippen molar-refractivity contribution in [3.05, 3.63) is 29.8 Å². The van der Waals surface area contributed by atoms with Crippen molar-refractivity contribution >= 4 is 15.9 Å². The number of alkyl halides is 3. The molecule has 0 aromatic heterocycles. The van der Waals surface area contributed by atoms with Crippen molar-refractivity contribution < 1.29 is 26.4 Å². The van der Waals surface area contributed by atoms with Gasteiger partial charge in [0.1, 0.15) is 0 Å². The summed E-state index contributed by atoms with van der Waals surface area (Å²) in [7, 11) is -4.20. The van der Waals surface area contributed by atoms with Gasteiger partial charge in [-0.25, -0.2) is 13.1 Å². The number of benzene rings is 1. The van der Waals surface area contributed by atoms with Crippen LogP contribution in [0.5, 0.6) is 0 Å². The molecule has 1 aromatic rings. The zero-order valence-electron chi connectivity index (χ0n) is 13.7. The molecule has 140 valence electrons. The van der Waals surface area contributed by atoms with E-state index in [-0.39, 0.29) is 0 Å². The van der Waals surface area contributed by atoms with Crippen molar-refractivity contribution in [1.82, 2.24) is 14.5 Å². The van der Waals surface area contributed by atoms with Crippen molar-refractivity contribution in [2.45, 2.75) is 18.0 Å². The number of sulfonamides is 1. The van der Waals surface area contributed by atoms with Crippen LogP contribution in [0.3, 0.4) is 0 Å². The first-order valence-corrected chi connectivity index (χ1v) is 9.29. The Balaban J connectivity index is 1.99. The molecule has 0 radical (unpaired) electrons. The standard InChI is InChI=1S/C15H20F3N3O3S/c1-2-20-6-8-21(9-7-20)14(22)11-19-25(23,24)13-5-3-4-12(10-13)15(16,17)18/h3-5,10,19H,2,6-9,11H2,1H3. The van der Waals surface area contributed by atoms with Gasteiger partial charge < -0.3 is 9.80 Å². The van der Waals surface area contributed by atoms with Gasteiger partial charge in [-0.15, -0.1) is 0 Å². The fourth-order valence-electron chi connectivity index (χ4n) is 2.50. The Morgan fingerprint density at radius 2 is 1.84 bits per heavy atom. The van der Waals surface area contributed by atoms with Gasteiger partial charge >= 0.3 is 6.18 Å². The van der Waals surface area contributed by atoms with Gasteiger partial charge in [-0.1, -0.05) is 13.0 Å². The highest BCUT2D eigenvalue weighted by Crippen LogP contribution is 2.30. The number of hydrogen-bond donors (Lipinski definition) is 1. The summed E-state index contributed by atoms with van der Waals surface area (Å²) in [6, 6.07) is 3.41. The summed E-state index contributed by atoms with van der Waals surface area (Å²) in [4.78, 5) is 15.3. The van der Waals surface area contributed by atoms with Crippen LogP contribution in [0.1, 0.15) is 12.5 Å². The summed E-state index contributed by atoms with van der Waals surface area (Å²) in [5.74, 6) is -0.397. The molecular formula is C15H20F3N3O3S. The molecule has 1 amide bonds. The van der Waals surface area contributed by atoms with E-state index in [4.69, 9.17) is 0 Å². The highest BCUT2D eigenvalue weighted by molar-refractivity contribution is 7.89. The number of amides is 1. The lowest BCUT2D eigenvalue weighted by atomic mass is 10.2. The molecule has 2 rings (SSSR count). The quantitative estimate of drug-likeness (QED) is 0.833. The number of nitrogens with zero attached hydrogens (tertiary/aromatic N) is 2. The second-order valence-corrected chi connectivity index (χ2v) is 7.43. The molecule has 1 heterocycles. The first kappa shape index (κ1) is 19.7. The van der Waals surface area contributed by atoms with Gasteiger partial charge in [0, 0.05) is 26.2 Å². The molecule has 0 spiro atoms. The molecule has 0 unspecified atom stereocenters. The third kappa shape index (κ3) is 5.16. The largest absolute Gasteiger partial charge is 0.416 e. The Morgan fingerprint density at radius 3 is 2.40 bits per heavy atom. The molecule has 10 heteroatoms. The van der Waals surface area contributed by atoms with Crippen molar-refractivity contribution in [3.8, 4) is 0 Å². The third-order valence-corrected chi connectivity index (χ3v) is 5.46. The molecule has 1 N–H and O–H groups in total. The Bertz CT molecular complexity index is 714. The average Bonchev–Trinajstić information content (AvgIpc) is 2.59. The Labute approximate surface area is 144 Å². The highest BCUT2D eigenvalue weighted by Gasteiger charge is 2.32. The zero-order valence-corrected chi connectivity index (χ0v) is 14.5. The molecule has 1 aliphatic heterocycles. The second kappa shape index (κ2) is 7.71. The lowest BCUT2D eigenvalue weighted by Gasteiger charge is -2.34. The van der Waals surface area contributed by atoms with Crippen molar-refractivity contribution in [2.75, 3.05) is 39.3 Å². The van der Waals surface area contributed by atoms with Gasteiger partial charge in [0.2, 0.25) is 15.9 Å². The van der Waals surface area contributed by atoms with Gasteiger partial charge in [-0.3, -0.25) is 4.79 Å². The summed E-state index contributed by atoms with van der Waals surface area (Å²) >= 11 is 0. The maximum Gasteiger partial charge on any atom is 0.416 e. The van der Waals surface area contributed by atoms with Gasteiger partial charge in [0.15, 0.2) is 0 Å². The van der Waals surface area contributed by atoms with Crippen LogP contribution in [0.25, 0.3) is 0 Å². The van der Waals surface area contributed by atoms with Crippen LogP contribution >= 0.6 is 0 Å². The predicted molar refractivity (Wildman–Crippen MR) is 85.3 cm³/mol. The van der Waals surface area contributed by atoms with Crippen LogP contribution in [-0.2, 0) is 21.0 Å². The number of carbonyl (C=O) groups excluding carboxylic acids is 1. The summed E-state index contributed by atoms with van der Waals surface area (Å²) < 4.78 is 64.4. The number of carbonyl (C=O) groups is 1. The molecule has 1 fully saturated rings. The molecule has 0 saturated carbocycles. The van der Waals surface area contributed by atoms with E-state index in [1.807, 2.05) is 6.92 Å². The third-order valence-electron chi connectivity index (χ3n) is 4.06. The monoisotopic (exact) mass is 379 g/mol. The maximum atomic E-state index is 12.7. The number of rotatable bonds is 5. The number of piperazine rings is 1. The van der Waals surface area contributed by atoms with Gasteiger partial charge in [-0.2, -0.15) is 13.2 Å². The van der Waals surface area contributed by atoms with E-state index in [2.05, 4.69) is 9.62 Å². The van der Waals surface area contributed by atoms with Gasteiger partial charge in [0.25, 0.3) is 0 Å². The van der Waals surface area contributed by atoms with Gasteiger partial charge in [0.05, 0.1) is 17.0 Å². The molecule has 0 aliphatic carbocycles. The normalized spacial score (nSPS) is 16.9. The van der Waals surface area contributed by atoms with Crippen LogP contribution in [0.15, 0.2) is 29.2 Å². The van der Waals surface area contributed by atoms with E-state index >= 15 is 0 Å². The van der Waals surface area contributed by atoms with E-state index in [1.54, 1.807) is 4.90 Å². The molecule has 1 saturated heterocycles. The topological polar surface area (TPSA) is 69.7 Å². The minimum absolute atomic E-state index is 0.397. The predicted octanol–water partition coefficient (Wildman–Crippen LogP) is 1.15. The van der Waals surface area contributed by atoms with Crippen LogP contribution in [0, 0.1) is 0 Å². The van der Waals surface area contributed by atoms with E-state index in [0.717, 1.165) is 24.7 Å². The van der Waals surface area contributed by atoms with E-state index < -0.39 is 39.1 Å². The number of likely N-dealkylation sites (N-methyl/N-ethyl adjacent to an activating group) is 1. The molecule has 1 aromatic carbocycles. The van der Waals surface area contributed by atoms with Crippen molar-refractivity contribution in [3.63, 3.8) is 0 Å². The van der Waals surface area contributed by atoms with E-state index in [1.165, 1.54) is 0 Å². The number of hydrogen-bond acceptors (Lipinski definition) is 4. The first-order chi connectivity index (χ1) is 11.6. The SMILES string of the molecule is CCN1CCN(C(=O)CNS(=O)(=O)c2cccc(C(F)(F)F)c2)CC1. The summed E-state index contributed by atoms with van der Waals surface area (Å²) in [6.07, 6.45) is -4.64. The van der Waals surface area contributed by atoms with Crippen LogP contribution in [-0.4, -0.2) is 63.4 Å². The minimum atomic E-state index is -4.64. The fraction of sp³-hybridized carbons (Fsp3) is 0.533. The van der Waals surface area contributed by atoms with Crippen molar-refractivity contribution in [2.24, 2.45) is 0 Å². The second-order valence-electron chi connectivity index (χ2n) is 5.67. The fourth-order valence-corrected chi connectivity index (χ4v) is 3.52. The summed E-state index contributed by atoms with van der Waals surface area (Å²) in [6.45, 7) is 4.83. The first-order valence-electron chi connectivity index (χ1n) is 7.80. The molecule has 1 aliphatic rings.